The molecule has 6 nitrogen and oxygen atoms in total. The maximum Gasteiger partial charge on any atom is 0.329 e. The van der Waals surface area contributed by atoms with Crippen LogP contribution in [0, 0.1) is 22.0 Å². The van der Waals surface area contributed by atoms with Crippen LogP contribution in [0.15, 0.2) is 6.20 Å². The predicted octanol–water partition coefficient (Wildman–Crippen LogP) is 3.66. The molecule has 2 atom stereocenters. The second-order valence-electron chi connectivity index (χ2n) is 5.57. The first-order valence-corrected chi connectivity index (χ1v) is 7.30. The van der Waals surface area contributed by atoms with Crippen molar-refractivity contribution in [1.82, 2.24) is 9.97 Å². The largest absolute Gasteiger partial charge is 0.361 e. The molecule has 2 rings (SSSR count). The lowest BCUT2D eigenvalue weighted by Crippen LogP contribution is -2.35. The zero-order valence-electron chi connectivity index (χ0n) is 11.7. The molecule has 1 N–H and O–H groups in total. The summed E-state index contributed by atoms with van der Waals surface area (Å²) in [6, 6.07) is 0.202. The van der Waals surface area contributed by atoms with Crippen molar-refractivity contribution in [3.63, 3.8) is 0 Å². The normalized spacial score (nSPS) is 22.8. The summed E-state index contributed by atoms with van der Waals surface area (Å²) in [5.41, 5.74) is -0.123. The molecule has 1 aliphatic rings. The Hall–Kier alpha value is -1.43. The summed E-state index contributed by atoms with van der Waals surface area (Å²) in [4.78, 5) is 18.2. The first-order chi connectivity index (χ1) is 9.49. The van der Waals surface area contributed by atoms with Gasteiger partial charge in [-0.3, -0.25) is 10.1 Å². The maximum absolute atomic E-state index is 11.0. The van der Waals surface area contributed by atoms with Gasteiger partial charge in [-0.1, -0.05) is 26.7 Å². The highest BCUT2D eigenvalue weighted by molar-refractivity contribution is 6.28. The van der Waals surface area contributed by atoms with Crippen LogP contribution in [-0.4, -0.2) is 20.9 Å². The lowest BCUT2D eigenvalue weighted by Gasteiger charge is -2.35. The summed E-state index contributed by atoms with van der Waals surface area (Å²) in [5.74, 6) is 1.26. The average molecular weight is 299 g/mol. The van der Waals surface area contributed by atoms with E-state index in [1.165, 1.54) is 6.42 Å². The molecule has 0 radical (unpaired) electrons. The number of nitrogens with one attached hydrogen (secondary N) is 1. The Balaban J connectivity index is 2.23. The fourth-order valence-corrected chi connectivity index (χ4v) is 3.04. The van der Waals surface area contributed by atoms with E-state index < -0.39 is 4.92 Å². The maximum atomic E-state index is 11.0. The van der Waals surface area contributed by atoms with Crippen molar-refractivity contribution in [2.45, 2.75) is 45.6 Å². The van der Waals surface area contributed by atoms with Gasteiger partial charge in [0.1, 0.15) is 6.20 Å². The Kier molecular flexibility index (Phi) is 4.75. The van der Waals surface area contributed by atoms with E-state index in [1.54, 1.807) is 0 Å². The number of aromatic nitrogens is 2. The van der Waals surface area contributed by atoms with Crippen LogP contribution in [0.25, 0.3) is 0 Å². The molecule has 1 heterocycles. The van der Waals surface area contributed by atoms with Crippen LogP contribution >= 0.6 is 11.6 Å². The third kappa shape index (κ3) is 3.36. The van der Waals surface area contributed by atoms with Crippen molar-refractivity contribution in [2.75, 3.05) is 5.32 Å². The zero-order valence-corrected chi connectivity index (χ0v) is 12.4. The second-order valence-corrected chi connectivity index (χ2v) is 5.91. The molecule has 1 fully saturated rings. The monoisotopic (exact) mass is 298 g/mol. The summed E-state index contributed by atoms with van der Waals surface area (Å²) >= 11 is 5.75. The van der Waals surface area contributed by atoms with Gasteiger partial charge < -0.3 is 5.32 Å². The van der Waals surface area contributed by atoms with Gasteiger partial charge in [0.2, 0.25) is 11.1 Å². The standard InChI is InChI=1S/C13H19ClN4O2/c1-8(2)9-5-3-4-6-10(9)16-12-11(18(19)20)7-15-13(14)17-12/h7-10H,3-6H2,1-2H3,(H,15,16,17). The SMILES string of the molecule is CC(C)C1CCCCC1Nc1nc(Cl)ncc1[N+](=O)[O-]. The quantitative estimate of drug-likeness (QED) is 0.521. The zero-order chi connectivity index (χ0) is 14.7. The second kappa shape index (κ2) is 6.35. The molecule has 1 aromatic rings. The highest BCUT2D eigenvalue weighted by Gasteiger charge is 2.29. The Morgan fingerprint density at radius 2 is 2.15 bits per heavy atom. The summed E-state index contributed by atoms with van der Waals surface area (Å²) < 4.78 is 0. The Morgan fingerprint density at radius 3 is 2.80 bits per heavy atom. The number of hydrogen-bond acceptors (Lipinski definition) is 5. The van der Waals surface area contributed by atoms with Crippen LogP contribution in [0.4, 0.5) is 11.5 Å². The molecule has 0 bridgehead atoms. The minimum absolute atomic E-state index is 0.0232. The van der Waals surface area contributed by atoms with Crippen LogP contribution in [0.2, 0.25) is 5.28 Å². The molecule has 0 saturated heterocycles. The van der Waals surface area contributed by atoms with E-state index >= 15 is 0 Å². The molecule has 1 aromatic heterocycles. The molecule has 0 aromatic carbocycles. The van der Waals surface area contributed by atoms with Gasteiger partial charge in [0, 0.05) is 6.04 Å². The predicted molar refractivity (Wildman–Crippen MR) is 77.9 cm³/mol. The van der Waals surface area contributed by atoms with Gasteiger partial charge in [0.15, 0.2) is 0 Å². The number of rotatable bonds is 4. The van der Waals surface area contributed by atoms with Gasteiger partial charge in [0.25, 0.3) is 0 Å². The van der Waals surface area contributed by atoms with Crippen molar-refractivity contribution in [3.8, 4) is 0 Å². The van der Waals surface area contributed by atoms with Crippen LogP contribution in [0.3, 0.4) is 0 Å². The first-order valence-electron chi connectivity index (χ1n) is 6.92. The van der Waals surface area contributed by atoms with Crippen LogP contribution in [0.5, 0.6) is 0 Å². The van der Waals surface area contributed by atoms with Crippen molar-refractivity contribution < 1.29 is 4.92 Å². The first kappa shape index (κ1) is 15.0. The summed E-state index contributed by atoms with van der Waals surface area (Å²) in [7, 11) is 0. The van der Waals surface area contributed by atoms with E-state index in [2.05, 4.69) is 29.1 Å². The number of nitrogens with zero attached hydrogens (tertiary/aromatic N) is 3. The van der Waals surface area contributed by atoms with E-state index in [9.17, 15) is 10.1 Å². The molecular weight excluding hydrogens is 280 g/mol. The molecule has 0 aliphatic heterocycles. The highest BCUT2D eigenvalue weighted by Crippen LogP contribution is 2.33. The third-order valence-corrected chi connectivity index (χ3v) is 4.12. The molecule has 0 amide bonds. The van der Waals surface area contributed by atoms with Gasteiger partial charge in [-0.2, -0.15) is 4.98 Å². The molecule has 7 heteroatoms. The van der Waals surface area contributed by atoms with Crippen molar-refractivity contribution in [3.05, 3.63) is 21.6 Å². The van der Waals surface area contributed by atoms with Crippen LogP contribution in [-0.2, 0) is 0 Å². The van der Waals surface area contributed by atoms with Crippen LogP contribution < -0.4 is 5.32 Å². The fraction of sp³-hybridized carbons (Fsp3) is 0.692. The van der Waals surface area contributed by atoms with Crippen molar-refractivity contribution >= 4 is 23.1 Å². The minimum atomic E-state index is -0.480. The van der Waals surface area contributed by atoms with Gasteiger partial charge in [-0.15, -0.1) is 0 Å². The average Bonchev–Trinajstić information content (AvgIpc) is 2.38. The molecule has 1 saturated carbocycles. The summed E-state index contributed by atoms with van der Waals surface area (Å²) in [5, 5.41) is 14.3. The van der Waals surface area contributed by atoms with Gasteiger partial charge >= 0.3 is 5.69 Å². The van der Waals surface area contributed by atoms with Crippen LogP contribution in [0.1, 0.15) is 39.5 Å². The molecule has 0 spiro atoms. The Labute approximate surface area is 123 Å². The Morgan fingerprint density at radius 1 is 1.45 bits per heavy atom. The van der Waals surface area contributed by atoms with E-state index in [-0.39, 0.29) is 22.8 Å². The number of halogens is 1. The van der Waals surface area contributed by atoms with E-state index in [0.717, 1.165) is 25.5 Å². The van der Waals surface area contributed by atoms with E-state index in [4.69, 9.17) is 11.6 Å². The Bertz CT molecular complexity index is 495. The lowest BCUT2D eigenvalue weighted by atomic mass is 9.78. The van der Waals surface area contributed by atoms with E-state index in [1.807, 2.05) is 0 Å². The molecular formula is C13H19ClN4O2. The molecule has 1 aliphatic carbocycles. The molecule has 110 valence electrons. The third-order valence-electron chi connectivity index (χ3n) is 3.93. The molecule has 2 unspecified atom stereocenters. The number of hydrogen-bond donors (Lipinski definition) is 1. The van der Waals surface area contributed by atoms with Gasteiger partial charge in [0.05, 0.1) is 4.92 Å². The van der Waals surface area contributed by atoms with Gasteiger partial charge in [-0.25, -0.2) is 4.98 Å². The topological polar surface area (TPSA) is 81.0 Å². The fourth-order valence-electron chi connectivity index (χ4n) is 2.91. The summed E-state index contributed by atoms with van der Waals surface area (Å²) in [6.07, 6.45) is 5.65. The molecule has 20 heavy (non-hydrogen) atoms. The van der Waals surface area contributed by atoms with Crippen molar-refractivity contribution in [2.24, 2.45) is 11.8 Å². The van der Waals surface area contributed by atoms with Crippen molar-refractivity contribution in [1.29, 1.82) is 0 Å². The summed E-state index contributed by atoms with van der Waals surface area (Å²) in [6.45, 7) is 4.37. The number of nitro groups is 1. The lowest BCUT2D eigenvalue weighted by molar-refractivity contribution is -0.384. The smallest absolute Gasteiger partial charge is 0.329 e. The highest BCUT2D eigenvalue weighted by atomic mass is 35.5. The number of anilines is 1. The minimum Gasteiger partial charge on any atom is -0.361 e. The van der Waals surface area contributed by atoms with E-state index in [0.29, 0.717) is 11.8 Å². The van der Waals surface area contributed by atoms with Gasteiger partial charge in [-0.05, 0) is 36.3 Å².